The number of amides is 2. The van der Waals surface area contributed by atoms with E-state index in [9.17, 15) is 32.4 Å². The Bertz CT molecular complexity index is 1130. The molecule has 212 valence electrons. The van der Waals surface area contributed by atoms with Gasteiger partial charge in [-0.1, -0.05) is 12.1 Å². The number of carbonyl (C=O) groups excluding carboxylic acids is 5. The Labute approximate surface area is 223 Å². The van der Waals surface area contributed by atoms with E-state index in [1.54, 1.807) is 6.92 Å². The van der Waals surface area contributed by atoms with Crippen molar-refractivity contribution >= 4 is 57.1 Å². The second-order valence-electron chi connectivity index (χ2n) is 7.81. The van der Waals surface area contributed by atoms with Crippen molar-refractivity contribution in [2.75, 3.05) is 38.9 Å². The molecule has 2 aliphatic heterocycles. The Morgan fingerprint density at radius 3 is 2.47 bits per heavy atom. The topological polar surface area (TPSA) is 193 Å². The molecule has 2 unspecified atom stereocenters. The van der Waals surface area contributed by atoms with Crippen LogP contribution in [0.25, 0.3) is 0 Å². The number of methoxy groups -OCH3 is 1. The maximum Gasteiger partial charge on any atom is 0.358 e. The Morgan fingerprint density at radius 1 is 1.21 bits per heavy atom. The fourth-order valence-electron chi connectivity index (χ4n) is 3.24. The molecule has 0 aliphatic carbocycles. The third-order valence-corrected chi connectivity index (χ3v) is 6.76. The summed E-state index contributed by atoms with van der Waals surface area (Å²) in [7, 11) is -2.57. The van der Waals surface area contributed by atoms with E-state index in [2.05, 4.69) is 14.7 Å². The number of esters is 2. The standard InChI is InChI=1S/C21H29N3O12S2/c1-6-14(26)35-11(3)36-21(29)17-12(8-32-4)10-37-20-16(19(28)24(17)20)22-18(27)15(23-33-7-2)13(25)9-34-38(5,30)31/h11,16,20H,6-10H2,1-5H3,(H,22,27)/t11?,16?,20-/m1/s1. The molecule has 2 amide bonds. The number of thioether (sulfide) groups is 1. The molecule has 0 bridgehead atoms. The first-order valence-corrected chi connectivity index (χ1v) is 14.2. The summed E-state index contributed by atoms with van der Waals surface area (Å²) in [5.74, 6) is -4.16. The molecular formula is C21H29N3O12S2. The highest BCUT2D eigenvalue weighted by molar-refractivity contribution is 8.00. The lowest BCUT2D eigenvalue weighted by Gasteiger charge is -2.49. The van der Waals surface area contributed by atoms with Crippen LogP contribution in [-0.2, 0) is 57.3 Å². The number of nitrogens with one attached hydrogen (secondary N) is 1. The summed E-state index contributed by atoms with van der Waals surface area (Å²) < 4.78 is 42.1. The molecule has 0 aromatic carbocycles. The zero-order chi connectivity index (χ0) is 28.6. The van der Waals surface area contributed by atoms with Crippen LogP contribution in [0.1, 0.15) is 27.2 Å². The highest BCUT2D eigenvalue weighted by Crippen LogP contribution is 2.40. The van der Waals surface area contributed by atoms with Gasteiger partial charge < -0.3 is 24.4 Å². The summed E-state index contributed by atoms with van der Waals surface area (Å²) in [6, 6.07) is -1.16. The Balaban J connectivity index is 2.20. The molecule has 0 radical (unpaired) electrons. The molecule has 0 spiro atoms. The highest BCUT2D eigenvalue weighted by atomic mass is 32.2. The number of hydrogen-bond acceptors (Lipinski definition) is 14. The largest absolute Gasteiger partial charge is 0.425 e. The van der Waals surface area contributed by atoms with Crippen LogP contribution in [0, 0.1) is 0 Å². The Morgan fingerprint density at radius 2 is 1.89 bits per heavy atom. The third-order valence-electron chi connectivity index (χ3n) is 4.87. The molecule has 1 fully saturated rings. The lowest BCUT2D eigenvalue weighted by Crippen LogP contribution is -2.71. The predicted octanol–water partition coefficient (Wildman–Crippen LogP) is -0.933. The van der Waals surface area contributed by atoms with Gasteiger partial charge in [0.1, 0.15) is 30.3 Å². The van der Waals surface area contributed by atoms with Crippen LogP contribution in [0.2, 0.25) is 0 Å². The van der Waals surface area contributed by atoms with E-state index in [-0.39, 0.29) is 31.1 Å². The molecule has 0 saturated carbocycles. The van der Waals surface area contributed by atoms with Gasteiger partial charge in [0.05, 0.1) is 12.9 Å². The first-order chi connectivity index (χ1) is 17.8. The van der Waals surface area contributed by atoms with Gasteiger partial charge >= 0.3 is 11.9 Å². The van der Waals surface area contributed by atoms with Crippen LogP contribution in [0.5, 0.6) is 0 Å². The number of ketones is 1. The predicted molar refractivity (Wildman–Crippen MR) is 131 cm³/mol. The smallest absolute Gasteiger partial charge is 0.358 e. The number of β-lactam (4-membered cyclic amide) rings is 1. The van der Waals surface area contributed by atoms with Gasteiger partial charge in [0, 0.05) is 26.2 Å². The maximum atomic E-state index is 13.0. The van der Waals surface area contributed by atoms with Gasteiger partial charge in [0.2, 0.25) is 17.8 Å². The van der Waals surface area contributed by atoms with Crippen LogP contribution in [-0.4, -0.2) is 105 Å². The van der Waals surface area contributed by atoms with Gasteiger partial charge in [-0.05, 0) is 12.5 Å². The molecule has 0 aromatic rings. The number of ether oxygens (including phenoxy) is 3. The van der Waals surface area contributed by atoms with E-state index in [1.807, 2.05) is 0 Å². The molecule has 1 saturated heterocycles. The van der Waals surface area contributed by atoms with Gasteiger partial charge in [0.25, 0.3) is 21.9 Å². The van der Waals surface area contributed by atoms with Crippen LogP contribution in [0.4, 0.5) is 0 Å². The summed E-state index contributed by atoms with van der Waals surface area (Å²) >= 11 is 1.22. The molecular weight excluding hydrogens is 550 g/mol. The average molecular weight is 580 g/mol. The van der Waals surface area contributed by atoms with Gasteiger partial charge in [-0.3, -0.25) is 28.3 Å². The summed E-state index contributed by atoms with van der Waals surface area (Å²) in [6.45, 7) is 3.47. The highest BCUT2D eigenvalue weighted by Gasteiger charge is 2.55. The number of fused-ring (bicyclic) bond motifs is 1. The van der Waals surface area contributed by atoms with Gasteiger partial charge in [-0.15, -0.1) is 11.8 Å². The lowest BCUT2D eigenvalue weighted by atomic mass is 10.0. The zero-order valence-corrected chi connectivity index (χ0v) is 23.0. The molecule has 17 heteroatoms. The van der Waals surface area contributed by atoms with Crippen molar-refractivity contribution in [3.05, 3.63) is 11.3 Å². The van der Waals surface area contributed by atoms with Crippen molar-refractivity contribution in [1.29, 1.82) is 0 Å². The van der Waals surface area contributed by atoms with E-state index in [0.717, 1.165) is 11.2 Å². The number of oxime groups is 1. The normalized spacial score (nSPS) is 20.2. The number of hydrogen-bond donors (Lipinski definition) is 1. The average Bonchev–Trinajstić information content (AvgIpc) is 2.85. The molecule has 3 atom stereocenters. The molecule has 0 aromatic heterocycles. The molecule has 38 heavy (non-hydrogen) atoms. The van der Waals surface area contributed by atoms with Crippen molar-refractivity contribution in [2.24, 2.45) is 5.16 Å². The fraction of sp³-hybridized carbons (Fsp3) is 0.619. The van der Waals surface area contributed by atoms with Crippen LogP contribution in [0.15, 0.2) is 16.4 Å². The first-order valence-electron chi connectivity index (χ1n) is 11.3. The molecule has 2 aliphatic rings. The minimum absolute atomic E-state index is 0.00383. The maximum absolute atomic E-state index is 13.0. The van der Waals surface area contributed by atoms with Crippen molar-refractivity contribution in [3.63, 3.8) is 0 Å². The summed E-state index contributed by atoms with van der Waals surface area (Å²) in [4.78, 5) is 68.5. The monoisotopic (exact) mass is 579 g/mol. The van der Waals surface area contributed by atoms with Crippen LogP contribution >= 0.6 is 11.8 Å². The van der Waals surface area contributed by atoms with Crippen LogP contribution in [0.3, 0.4) is 0 Å². The van der Waals surface area contributed by atoms with Crippen molar-refractivity contribution in [1.82, 2.24) is 10.2 Å². The van der Waals surface area contributed by atoms with E-state index in [4.69, 9.17) is 19.0 Å². The number of nitrogens with zero attached hydrogens (tertiary/aromatic N) is 2. The minimum Gasteiger partial charge on any atom is -0.425 e. The van der Waals surface area contributed by atoms with Crippen LogP contribution < -0.4 is 5.32 Å². The lowest BCUT2D eigenvalue weighted by molar-refractivity contribution is -0.184. The van der Waals surface area contributed by atoms with E-state index >= 15 is 0 Å². The summed E-state index contributed by atoms with van der Waals surface area (Å²) in [5.41, 5.74) is -0.465. The first kappa shape index (κ1) is 31.2. The minimum atomic E-state index is -3.98. The number of Topliss-reactive ketones (excluding diaryl/α,β-unsaturated/α-hetero) is 1. The third kappa shape index (κ3) is 7.99. The second kappa shape index (κ2) is 13.7. The van der Waals surface area contributed by atoms with Gasteiger partial charge in [0.15, 0.2) is 0 Å². The quantitative estimate of drug-likeness (QED) is 0.0505. The van der Waals surface area contributed by atoms with Gasteiger partial charge in [-0.25, -0.2) is 4.79 Å². The Hall–Kier alpha value is -3.02. The molecule has 15 nitrogen and oxygen atoms in total. The van der Waals surface area contributed by atoms with Crippen molar-refractivity contribution < 1.29 is 55.6 Å². The second-order valence-corrected chi connectivity index (χ2v) is 10.6. The van der Waals surface area contributed by atoms with E-state index in [0.29, 0.717) is 5.57 Å². The van der Waals surface area contributed by atoms with E-state index < -0.39 is 69.7 Å². The molecule has 1 N–H and O–H groups in total. The number of rotatable bonds is 14. The van der Waals surface area contributed by atoms with E-state index in [1.165, 1.54) is 32.7 Å². The summed E-state index contributed by atoms with van der Waals surface area (Å²) in [5, 5.41) is 5.05. The summed E-state index contributed by atoms with van der Waals surface area (Å²) in [6.07, 6.45) is -0.421. The SMILES string of the molecule is CCON=C(C(=O)COS(C)(=O)=O)C(=O)NC1C(=O)N2C(C(=O)OC(C)OC(=O)CC)=C(COC)CS[C@H]12. The molecule has 2 heterocycles. The van der Waals surface area contributed by atoms with Crippen molar-refractivity contribution in [3.8, 4) is 0 Å². The number of carbonyl (C=O) groups is 5. The Kier molecular flexibility index (Phi) is 11.2. The fourth-order valence-corrected chi connectivity index (χ4v) is 4.89. The van der Waals surface area contributed by atoms with Crippen molar-refractivity contribution in [2.45, 2.75) is 44.9 Å². The zero-order valence-electron chi connectivity index (χ0n) is 21.4. The molecule has 2 rings (SSSR count). The van der Waals surface area contributed by atoms with Gasteiger partial charge in [-0.2, -0.15) is 8.42 Å².